The molecule has 1 N–H and O–H groups in total. The average molecular weight is 394 g/mol. The van der Waals surface area contributed by atoms with E-state index in [-0.39, 0.29) is 17.7 Å². The Balaban J connectivity index is 1.36. The van der Waals surface area contributed by atoms with Gasteiger partial charge in [-0.3, -0.25) is 24.4 Å². The molecule has 1 atom stereocenters. The zero-order valence-corrected chi connectivity index (χ0v) is 16.7. The van der Waals surface area contributed by atoms with Crippen LogP contribution in [-0.4, -0.2) is 46.0 Å². The predicted molar refractivity (Wildman–Crippen MR) is 107 cm³/mol. The van der Waals surface area contributed by atoms with E-state index in [1.54, 1.807) is 0 Å². The minimum absolute atomic E-state index is 0.202. The third-order valence-corrected chi connectivity index (χ3v) is 7.31. The summed E-state index contributed by atoms with van der Waals surface area (Å²) in [5.74, 6) is -0.257. The molecular formula is C22H26N4O3. The van der Waals surface area contributed by atoms with Crippen molar-refractivity contribution in [3.8, 4) is 0 Å². The quantitative estimate of drug-likeness (QED) is 0.639. The molecule has 5 rings (SSSR count). The molecule has 1 aromatic carbocycles. The highest BCUT2D eigenvalue weighted by Crippen LogP contribution is 2.56. The number of aromatic nitrogens is 2. The maximum Gasteiger partial charge on any atom is 0.235 e. The lowest BCUT2D eigenvalue weighted by Gasteiger charge is -2.52. The Kier molecular flexibility index (Phi) is 4.22. The maximum atomic E-state index is 12.3. The van der Waals surface area contributed by atoms with Crippen LogP contribution in [-0.2, 0) is 21.4 Å². The number of amides is 3. The van der Waals surface area contributed by atoms with Crippen LogP contribution in [0.1, 0.15) is 61.6 Å². The molecule has 29 heavy (non-hydrogen) atoms. The maximum absolute atomic E-state index is 12.3. The Hall–Kier alpha value is -2.70. The lowest BCUT2D eigenvalue weighted by atomic mass is 9.56. The summed E-state index contributed by atoms with van der Waals surface area (Å²) < 4.78 is 1.86. The van der Waals surface area contributed by atoms with Gasteiger partial charge >= 0.3 is 0 Å². The van der Waals surface area contributed by atoms with Gasteiger partial charge in [0, 0.05) is 31.9 Å². The van der Waals surface area contributed by atoms with Crippen molar-refractivity contribution in [2.75, 3.05) is 13.1 Å². The third-order valence-electron chi connectivity index (χ3n) is 7.31. The average Bonchev–Trinajstić information content (AvgIpc) is 3.02. The number of hydrogen-bond acceptors (Lipinski definition) is 4. The normalized spacial score (nSPS) is 24.6. The van der Waals surface area contributed by atoms with E-state index >= 15 is 0 Å². The molecule has 7 heteroatoms. The number of carbonyl (C=O) groups excluding carboxylic acids is 3. The molecule has 0 bridgehead atoms. The van der Waals surface area contributed by atoms with Crippen LogP contribution in [0, 0.1) is 5.41 Å². The number of hydrogen-bond donors (Lipinski definition) is 1. The van der Waals surface area contributed by atoms with E-state index in [9.17, 15) is 14.4 Å². The first-order chi connectivity index (χ1) is 14.0. The van der Waals surface area contributed by atoms with E-state index in [0.29, 0.717) is 24.2 Å². The fraction of sp³-hybridized carbons (Fsp3) is 0.545. The first-order valence-electron chi connectivity index (χ1n) is 10.5. The standard InChI is InChI=1S/C22H26N4O3/c1-25-18-10-14(15-11-22(12-15)6-8-26(13-27)9-7-22)2-3-16(18)20(24-25)17-4-5-19(28)23-21(17)29/h2-3,10,13,15,17H,4-9,11-12H2,1H3,(H,23,28,29). The Labute approximate surface area is 169 Å². The molecule has 2 saturated heterocycles. The van der Waals surface area contributed by atoms with E-state index in [1.807, 2.05) is 16.6 Å². The van der Waals surface area contributed by atoms with Crippen molar-refractivity contribution in [2.24, 2.45) is 12.5 Å². The highest BCUT2D eigenvalue weighted by Gasteiger charge is 2.46. The van der Waals surface area contributed by atoms with Crippen molar-refractivity contribution in [1.29, 1.82) is 0 Å². The summed E-state index contributed by atoms with van der Waals surface area (Å²) >= 11 is 0. The Morgan fingerprint density at radius 2 is 1.97 bits per heavy atom. The van der Waals surface area contributed by atoms with Gasteiger partial charge in [-0.25, -0.2) is 0 Å². The Morgan fingerprint density at radius 1 is 1.21 bits per heavy atom. The van der Waals surface area contributed by atoms with Gasteiger partial charge in [-0.15, -0.1) is 0 Å². The number of nitrogens with zero attached hydrogens (tertiary/aromatic N) is 3. The van der Waals surface area contributed by atoms with Crippen molar-refractivity contribution in [2.45, 2.75) is 50.4 Å². The number of nitrogens with one attached hydrogen (secondary N) is 1. The molecular weight excluding hydrogens is 368 g/mol. The molecule has 7 nitrogen and oxygen atoms in total. The molecule has 0 radical (unpaired) electrons. The van der Waals surface area contributed by atoms with E-state index in [4.69, 9.17) is 0 Å². The van der Waals surface area contributed by atoms with Crippen LogP contribution in [0.2, 0.25) is 0 Å². The third kappa shape index (κ3) is 3.03. The molecule has 2 aromatic rings. The van der Waals surface area contributed by atoms with Gasteiger partial charge in [-0.2, -0.15) is 5.10 Å². The first kappa shape index (κ1) is 18.3. The number of carbonyl (C=O) groups is 3. The lowest BCUT2D eigenvalue weighted by molar-refractivity contribution is -0.134. The van der Waals surface area contributed by atoms with Gasteiger partial charge in [0.15, 0.2) is 0 Å². The van der Waals surface area contributed by atoms with Crippen LogP contribution in [0.4, 0.5) is 0 Å². The van der Waals surface area contributed by atoms with Gasteiger partial charge in [-0.1, -0.05) is 12.1 Å². The highest BCUT2D eigenvalue weighted by atomic mass is 16.2. The summed E-state index contributed by atoms with van der Waals surface area (Å²) in [6.07, 6.45) is 6.43. The zero-order chi connectivity index (χ0) is 20.2. The second-order valence-electron chi connectivity index (χ2n) is 9.04. The molecule has 3 fully saturated rings. The monoisotopic (exact) mass is 394 g/mol. The molecule has 3 aliphatic rings. The molecule has 1 aromatic heterocycles. The van der Waals surface area contributed by atoms with Gasteiger partial charge in [0.25, 0.3) is 0 Å². The van der Waals surface area contributed by atoms with E-state index in [0.717, 1.165) is 48.9 Å². The summed E-state index contributed by atoms with van der Waals surface area (Å²) in [4.78, 5) is 36.6. The molecule has 1 spiro atoms. The summed E-state index contributed by atoms with van der Waals surface area (Å²) in [6.45, 7) is 1.76. The molecule has 152 valence electrons. The van der Waals surface area contributed by atoms with Crippen LogP contribution < -0.4 is 5.32 Å². The van der Waals surface area contributed by atoms with E-state index in [1.165, 1.54) is 18.4 Å². The minimum atomic E-state index is -0.364. The van der Waals surface area contributed by atoms with Gasteiger partial charge in [0.1, 0.15) is 0 Å². The lowest BCUT2D eigenvalue weighted by Crippen LogP contribution is -2.45. The second-order valence-corrected chi connectivity index (χ2v) is 9.04. The SMILES string of the molecule is Cn1nc(C2CCC(=O)NC2=O)c2ccc(C3CC4(CCN(C=O)CC4)C3)cc21. The molecule has 3 amide bonds. The molecule has 3 heterocycles. The van der Waals surface area contributed by atoms with E-state index < -0.39 is 0 Å². The van der Waals surface area contributed by atoms with Gasteiger partial charge in [-0.05, 0) is 55.1 Å². The number of aryl methyl sites for hydroxylation is 1. The van der Waals surface area contributed by atoms with Crippen molar-refractivity contribution in [1.82, 2.24) is 20.0 Å². The smallest absolute Gasteiger partial charge is 0.235 e. The Morgan fingerprint density at radius 3 is 2.66 bits per heavy atom. The summed E-state index contributed by atoms with van der Waals surface area (Å²) in [5.41, 5.74) is 3.55. The number of rotatable bonds is 3. The van der Waals surface area contributed by atoms with Crippen LogP contribution in [0.3, 0.4) is 0 Å². The molecule has 1 unspecified atom stereocenters. The van der Waals surface area contributed by atoms with E-state index in [2.05, 4.69) is 28.6 Å². The number of fused-ring (bicyclic) bond motifs is 1. The first-order valence-corrected chi connectivity index (χ1v) is 10.5. The van der Waals surface area contributed by atoms with Crippen LogP contribution in [0.15, 0.2) is 18.2 Å². The van der Waals surface area contributed by atoms with Crippen molar-refractivity contribution >= 4 is 29.1 Å². The summed E-state index contributed by atoms with van der Waals surface area (Å²) in [7, 11) is 1.92. The number of imide groups is 1. The van der Waals surface area contributed by atoms with Crippen LogP contribution in [0.25, 0.3) is 10.9 Å². The van der Waals surface area contributed by atoms with Crippen molar-refractivity contribution in [3.05, 3.63) is 29.5 Å². The number of benzene rings is 1. The van der Waals surface area contributed by atoms with Gasteiger partial charge in [0.2, 0.25) is 18.2 Å². The Bertz CT molecular complexity index is 995. The highest BCUT2D eigenvalue weighted by molar-refractivity contribution is 6.02. The summed E-state index contributed by atoms with van der Waals surface area (Å²) in [5, 5.41) is 8.08. The summed E-state index contributed by atoms with van der Waals surface area (Å²) in [6, 6.07) is 6.49. The van der Waals surface area contributed by atoms with Crippen LogP contribution >= 0.6 is 0 Å². The molecule has 2 aliphatic heterocycles. The topological polar surface area (TPSA) is 84.3 Å². The fourth-order valence-corrected chi connectivity index (χ4v) is 5.50. The second kappa shape index (κ2) is 6.68. The van der Waals surface area contributed by atoms with Gasteiger partial charge < -0.3 is 4.90 Å². The van der Waals surface area contributed by atoms with Crippen molar-refractivity contribution < 1.29 is 14.4 Å². The van der Waals surface area contributed by atoms with Crippen LogP contribution in [0.5, 0.6) is 0 Å². The fourth-order valence-electron chi connectivity index (χ4n) is 5.50. The van der Waals surface area contributed by atoms with Crippen molar-refractivity contribution in [3.63, 3.8) is 0 Å². The molecule has 1 aliphatic carbocycles. The largest absolute Gasteiger partial charge is 0.345 e. The number of likely N-dealkylation sites (tertiary alicyclic amines) is 1. The van der Waals surface area contributed by atoms with Gasteiger partial charge in [0.05, 0.1) is 17.1 Å². The minimum Gasteiger partial charge on any atom is -0.345 e. The number of piperidine rings is 2. The molecule has 1 saturated carbocycles. The zero-order valence-electron chi connectivity index (χ0n) is 16.7. The predicted octanol–water partition coefficient (Wildman–Crippen LogP) is 2.21.